The number of ether oxygens (including phenoxy) is 4. The number of epoxide rings is 2. The fourth-order valence-electron chi connectivity index (χ4n) is 2.33. The monoisotopic (exact) mass is 334 g/mol. The Morgan fingerprint density at radius 2 is 1.21 bits per heavy atom. The van der Waals surface area contributed by atoms with Gasteiger partial charge >= 0.3 is 11.9 Å². The van der Waals surface area contributed by atoms with Crippen LogP contribution in [0.5, 0.6) is 0 Å². The summed E-state index contributed by atoms with van der Waals surface area (Å²) >= 11 is 0. The van der Waals surface area contributed by atoms with Gasteiger partial charge in [-0.05, 0) is 49.9 Å². The molecule has 6 nitrogen and oxygen atoms in total. The van der Waals surface area contributed by atoms with E-state index in [2.05, 4.69) is 0 Å². The van der Waals surface area contributed by atoms with Crippen molar-refractivity contribution < 1.29 is 28.5 Å². The predicted octanol–water partition coefficient (Wildman–Crippen LogP) is 2.36. The van der Waals surface area contributed by atoms with Crippen LogP contribution in [0.2, 0.25) is 0 Å². The Morgan fingerprint density at radius 1 is 0.833 bits per heavy atom. The van der Waals surface area contributed by atoms with Crippen LogP contribution >= 0.6 is 0 Å². The molecule has 6 heteroatoms. The number of carbonyl (C=O) groups is 2. The summed E-state index contributed by atoms with van der Waals surface area (Å²) in [4.78, 5) is 23.8. The molecule has 0 aliphatic carbocycles. The van der Waals surface area contributed by atoms with E-state index >= 15 is 0 Å². The lowest BCUT2D eigenvalue weighted by Gasteiger charge is -2.06. The van der Waals surface area contributed by atoms with E-state index in [1.165, 1.54) is 0 Å². The first-order chi connectivity index (χ1) is 11.7. The first-order valence-electron chi connectivity index (χ1n) is 8.40. The maximum absolute atomic E-state index is 11.9. The molecule has 24 heavy (non-hydrogen) atoms. The van der Waals surface area contributed by atoms with Crippen molar-refractivity contribution >= 4 is 11.9 Å². The number of rotatable bonds is 10. The Hall–Kier alpha value is -1.92. The Bertz CT molecular complexity index is 508. The van der Waals surface area contributed by atoms with Gasteiger partial charge in [0.2, 0.25) is 0 Å². The molecule has 1 aromatic carbocycles. The van der Waals surface area contributed by atoms with E-state index < -0.39 is 0 Å². The minimum Gasteiger partial charge on any atom is -0.462 e. The van der Waals surface area contributed by atoms with Gasteiger partial charge in [-0.1, -0.05) is 0 Å². The third-order valence-electron chi connectivity index (χ3n) is 3.97. The van der Waals surface area contributed by atoms with E-state index in [1.54, 1.807) is 24.3 Å². The summed E-state index contributed by atoms with van der Waals surface area (Å²) in [7, 11) is 0. The molecule has 3 rings (SSSR count). The molecular formula is C18H22O6. The minimum absolute atomic E-state index is 0.353. The summed E-state index contributed by atoms with van der Waals surface area (Å²) in [6.45, 7) is 2.40. The summed E-state index contributed by atoms with van der Waals surface area (Å²) in [6, 6.07) is 6.34. The summed E-state index contributed by atoms with van der Waals surface area (Å²) in [5.74, 6) is -0.757. The molecule has 2 saturated heterocycles. The van der Waals surface area contributed by atoms with E-state index in [9.17, 15) is 9.59 Å². The quantitative estimate of drug-likeness (QED) is 0.371. The molecule has 2 atom stereocenters. The predicted molar refractivity (Wildman–Crippen MR) is 85.0 cm³/mol. The van der Waals surface area contributed by atoms with Gasteiger partial charge in [0.25, 0.3) is 0 Å². The second-order valence-electron chi connectivity index (χ2n) is 6.04. The molecular weight excluding hydrogens is 312 g/mol. The molecule has 2 unspecified atom stereocenters. The van der Waals surface area contributed by atoms with Crippen molar-refractivity contribution in [3.05, 3.63) is 35.4 Å². The van der Waals surface area contributed by atoms with Gasteiger partial charge in [-0.3, -0.25) is 0 Å². The average Bonchev–Trinajstić information content (AvgIpc) is 3.50. The average molecular weight is 334 g/mol. The molecule has 1 aromatic rings. The summed E-state index contributed by atoms with van der Waals surface area (Å²) in [5, 5.41) is 0. The largest absolute Gasteiger partial charge is 0.462 e. The maximum Gasteiger partial charge on any atom is 0.338 e. The lowest BCUT2D eigenvalue weighted by Crippen LogP contribution is -2.09. The van der Waals surface area contributed by atoms with Crippen molar-refractivity contribution in [2.75, 3.05) is 26.4 Å². The third-order valence-corrected chi connectivity index (χ3v) is 3.97. The molecule has 0 saturated carbocycles. The first-order valence-corrected chi connectivity index (χ1v) is 8.40. The third kappa shape index (κ3) is 5.62. The van der Waals surface area contributed by atoms with Gasteiger partial charge < -0.3 is 18.9 Å². The summed E-state index contributed by atoms with van der Waals surface area (Å²) in [5.41, 5.74) is 0.861. The van der Waals surface area contributed by atoms with Gasteiger partial charge in [-0.2, -0.15) is 0 Å². The molecule has 130 valence electrons. The van der Waals surface area contributed by atoms with E-state index in [0.717, 1.165) is 38.9 Å². The van der Waals surface area contributed by atoms with Gasteiger partial charge in [-0.15, -0.1) is 0 Å². The van der Waals surface area contributed by atoms with Crippen LogP contribution in [0.25, 0.3) is 0 Å². The van der Waals surface area contributed by atoms with Crippen molar-refractivity contribution in [2.45, 2.75) is 37.9 Å². The highest BCUT2D eigenvalue weighted by atomic mass is 16.6. The SMILES string of the molecule is O=C(OCCCC1CO1)c1ccc(C(=O)OCCCC2CO2)cc1. The number of benzene rings is 1. The van der Waals surface area contributed by atoms with Gasteiger partial charge in [0.05, 0.1) is 49.8 Å². The van der Waals surface area contributed by atoms with Crippen molar-refractivity contribution in [2.24, 2.45) is 0 Å². The van der Waals surface area contributed by atoms with Gasteiger partial charge in [0.15, 0.2) is 0 Å². The van der Waals surface area contributed by atoms with E-state index in [1.807, 2.05) is 0 Å². The highest BCUT2D eigenvalue weighted by Crippen LogP contribution is 2.16. The van der Waals surface area contributed by atoms with Crippen molar-refractivity contribution in [3.8, 4) is 0 Å². The normalized spacial score (nSPS) is 21.2. The van der Waals surface area contributed by atoms with E-state index in [-0.39, 0.29) is 11.9 Å². The highest BCUT2D eigenvalue weighted by molar-refractivity contribution is 5.93. The standard InChI is InChI=1S/C18H22O6/c19-17(21-9-1-3-15-11-23-15)13-5-7-14(8-6-13)18(20)22-10-2-4-16-12-24-16/h5-8,15-16H,1-4,9-12H2. The minimum atomic E-state index is -0.379. The molecule has 0 N–H and O–H groups in total. The second-order valence-corrected chi connectivity index (χ2v) is 6.04. The molecule has 0 aromatic heterocycles. The second kappa shape index (κ2) is 8.26. The van der Waals surface area contributed by atoms with Crippen molar-refractivity contribution in [1.82, 2.24) is 0 Å². The summed E-state index contributed by atoms with van der Waals surface area (Å²) in [6.07, 6.45) is 4.14. The molecule has 2 aliphatic rings. The number of hydrogen-bond donors (Lipinski definition) is 0. The van der Waals surface area contributed by atoms with Crippen LogP contribution in [-0.4, -0.2) is 50.6 Å². The molecule has 0 radical (unpaired) electrons. The van der Waals surface area contributed by atoms with Crippen molar-refractivity contribution in [1.29, 1.82) is 0 Å². The van der Waals surface area contributed by atoms with Crippen LogP contribution in [0, 0.1) is 0 Å². The zero-order valence-corrected chi connectivity index (χ0v) is 13.6. The van der Waals surface area contributed by atoms with Gasteiger partial charge in [0, 0.05) is 0 Å². The molecule has 0 amide bonds. The molecule has 2 heterocycles. The highest BCUT2D eigenvalue weighted by Gasteiger charge is 2.22. The van der Waals surface area contributed by atoms with Crippen LogP contribution in [0.1, 0.15) is 46.4 Å². The van der Waals surface area contributed by atoms with Crippen LogP contribution < -0.4 is 0 Å². The zero-order valence-electron chi connectivity index (χ0n) is 13.6. The maximum atomic E-state index is 11.9. The summed E-state index contributed by atoms with van der Waals surface area (Å²) < 4.78 is 20.6. The number of carbonyl (C=O) groups excluding carboxylic acids is 2. The molecule has 0 spiro atoms. The van der Waals surface area contributed by atoms with Crippen LogP contribution in [0.4, 0.5) is 0 Å². The number of esters is 2. The Labute approximate surface area is 141 Å². The van der Waals surface area contributed by atoms with Crippen molar-refractivity contribution in [3.63, 3.8) is 0 Å². The van der Waals surface area contributed by atoms with Gasteiger partial charge in [-0.25, -0.2) is 9.59 Å². The first kappa shape index (κ1) is 16.9. The molecule has 2 aliphatic heterocycles. The van der Waals surface area contributed by atoms with Crippen LogP contribution in [0.3, 0.4) is 0 Å². The van der Waals surface area contributed by atoms with E-state index in [0.29, 0.717) is 36.5 Å². The topological polar surface area (TPSA) is 77.7 Å². The molecule has 0 bridgehead atoms. The lowest BCUT2D eigenvalue weighted by atomic mass is 10.1. The molecule has 2 fully saturated rings. The Morgan fingerprint density at radius 3 is 1.54 bits per heavy atom. The van der Waals surface area contributed by atoms with Gasteiger partial charge in [0.1, 0.15) is 0 Å². The van der Waals surface area contributed by atoms with Crippen LogP contribution in [-0.2, 0) is 18.9 Å². The number of hydrogen-bond acceptors (Lipinski definition) is 6. The lowest BCUT2D eigenvalue weighted by molar-refractivity contribution is 0.0481. The van der Waals surface area contributed by atoms with Crippen LogP contribution in [0.15, 0.2) is 24.3 Å². The fraction of sp³-hybridized carbons (Fsp3) is 0.556. The van der Waals surface area contributed by atoms with E-state index in [4.69, 9.17) is 18.9 Å². The zero-order chi connectivity index (χ0) is 16.8. The Balaban J connectivity index is 1.36. The smallest absolute Gasteiger partial charge is 0.338 e. The Kier molecular flexibility index (Phi) is 5.82. The fourth-order valence-corrected chi connectivity index (χ4v) is 2.33.